The molecule has 4 rings (SSSR count). The summed E-state index contributed by atoms with van der Waals surface area (Å²) in [5.41, 5.74) is -0.713. The molecule has 0 radical (unpaired) electrons. The maximum Gasteiger partial charge on any atom is 0.161 e. The zero-order valence-electron chi connectivity index (χ0n) is 15.7. The van der Waals surface area contributed by atoms with Gasteiger partial charge in [-0.1, -0.05) is 6.92 Å². The van der Waals surface area contributed by atoms with Crippen molar-refractivity contribution in [2.75, 3.05) is 13.2 Å². The molecule has 4 saturated carbocycles. The van der Waals surface area contributed by atoms with Crippen LogP contribution in [-0.4, -0.2) is 46.2 Å². The SMILES string of the molecule is C[C@]12CC[C@@H](O)CC1CCC1C2C(=O)C[C@@]2(CO)C1CC[C@@H]2C(=O)CO. The summed E-state index contributed by atoms with van der Waals surface area (Å²) in [4.78, 5) is 25.7. The fourth-order valence-electron chi connectivity index (χ4n) is 7.73. The number of hydrogen-bond donors (Lipinski definition) is 3. The average Bonchev–Trinajstić information content (AvgIpc) is 3.00. The van der Waals surface area contributed by atoms with Crippen LogP contribution >= 0.6 is 0 Å². The lowest BCUT2D eigenvalue weighted by molar-refractivity contribution is -0.168. The first-order valence-electron chi connectivity index (χ1n) is 10.3. The molecular weight excluding hydrogens is 332 g/mol. The molecule has 3 N–H and O–H groups in total. The molecule has 4 fully saturated rings. The van der Waals surface area contributed by atoms with Gasteiger partial charge in [-0.2, -0.15) is 0 Å². The summed E-state index contributed by atoms with van der Waals surface area (Å²) in [6.45, 7) is 1.61. The summed E-state index contributed by atoms with van der Waals surface area (Å²) in [7, 11) is 0. The van der Waals surface area contributed by atoms with Gasteiger partial charge in [-0.25, -0.2) is 0 Å². The minimum atomic E-state index is -0.657. The Bertz CT molecular complexity index is 603. The van der Waals surface area contributed by atoms with E-state index in [1.807, 2.05) is 0 Å². The van der Waals surface area contributed by atoms with Crippen molar-refractivity contribution in [3.8, 4) is 0 Å². The van der Waals surface area contributed by atoms with Crippen molar-refractivity contribution in [1.29, 1.82) is 0 Å². The van der Waals surface area contributed by atoms with Crippen LogP contribution in [0.3, 0.4) is 0 Å². The molecule has 26 heavy (non-hydrogen) atoms. The molecule has 8 atom stereocenters. The molecule has 5 heteroatoms. The Morgan fingerprint density at radius 2 is 1.92 bits per heavy atom. The molecule has 4 aliphatic carbocycles. The molecule has 0 aromatic heterocycles. The predicted molar refractivity (Wildman–Crippen MR) is 95.1 cm³/mol. The Morgan fingerprint density at radius 1 is 1.15 bits per heavy atom. The molecule has 0 aromatic rings. The van der Waals surface area contributed by atoms with Gasteiger partial charge in [0.1, 0.15) is 12.4 Å². The van der Waals surface area contributed by atoms with E-state index in [2.05, 4.69) is 6.92 Å². The van der Waals surface area contributed by atoms with E-state index < -0.39 is 12.0 Å². The number of hydrogen-bond acceptors (Lipinski definition) is 5. The van der Waals surface area contributed by atoms with Gasteiger partial charge in [0.05, 0.1) is 12.7 Å². The van der Waals surface area contributed by atoms with Crippen molar-refractivity contribution in [1.82, 2.24) is 0 Å². The largest absolute Gasteiger partial charge is 0.396 e. The summed E-state index contributed by atoms with van der Waals surface area (Å²) < 4.78 is 0. The molecule has 146 valence electrons. The second-order valence-corrected chi connectivity index (χ2v) is 9.75. The van der Waals surface area contributed by atoms with Crippen LogP contribution < -0.4 is 0 Å². The lowest BCUT2D eigenvalue weighted by Gasteiger charge is -2.60. The first kappa shape index (κ1) is 18.6. The summed E-state index contributed by atoms with van der Waals surface area (Å²) in [5, 5.41) is 29.8. The molecule has 0 aliphatic heterocycles. The lowest BCUT2D eigenvalue weighted by Crippen LogP contribution is -2.59. The highest BCUT2D eigenvalue weighted by Crippen LogP contribution is 2.66. The number of rotatable bonds is 3. The maximum absolute atomic E-state index is 13.4. The first-order chi connectivity index (χ1) is 12.4. The monoisotopic (exact) mass is 364 g/mol. The Labute approximate surface area is 155 Å². The van der Waals surface area contributed by atoms with E-state index >= 15 is 0 Å². The Kier molecular flexibility index (Phi) is 4.56. The number of Topliss-reactive ketones (excluding diaryl/α,β-unsaturated/α-hetero) is 2. The first-order valence-corrected chi connectivity index (χ1v) is 10.3. The van der Waals surface area contributed by atoms with Gasteiger partial charge >= 0.3 is 0 Å². The standard InChI is InChI=1S/C21H32O5/c1-20-7-6-13(24)8-12(20)2-3-14-15-4-5-16(18(26)10-22)21(15,11-23)9-17(25)19(14)20/h12-16,19,22-24H,2-11H2,1H3/t12?,13-,14?,15?,16-,19?,20+,21-/m1/s1. The molecule has 0 bridgehead atoms. The van der Waals surface area contributed by atoms with E-state index in [1.165, 1.54) is 0 Å². The quantitative estimate of drug-likeness (QED) is 0.709. The number of aliphatic hydroxyl groups excluding tert-OH is 3. The fraction of sp³-hybridized carbons (Fsp3) is 0.905. The molecule has 0 amide bonds. The molecule has 0 spiro atoms. The van der Waals surface area contributed by atoms with Crippen molar-refractivity contribution < 1.29 is 24.9 Å². The molecule has 5 nitrogen and oxygen atoms in total. The number of aliphatic hydroxyl groups is 3. The Hall–Kier alpha value is -0.780. The summed E-state index contributed by atoms with van der Waals surface area (Å²) in [6.07, 6.45) is 6.03. The minimum Gasteiger partial charge on any atom is -0.396 e. The molecular formula is C21H32O5. The highest BCUT2D eigenvalue weighted by molar-refractivity contribution is 5.88. The van der Waals surface area contributed by atoms with Crippen LogP contribution in [0.4, 0.5) is 0 Å². The van der Waals surface area contributed by atoms with E-state index in [4.69, 9.17) is 0 Å². The molecule has 4 aliphatic rings. The van der Waals surface area contributed by atoms with Gasteiger partial charge in [0.2, 0.25) is 0 Å². The highest BCUT2D eigenvalue weighted by Gasteiger charge is 2.65. The predicted octanol–water partition coefficient (Wildman–Crippen LogP) is 1.72. The van der Waals surface area contributed by atoms with E-state index in [0.717, 1.165) is 38.5 Å². The van der Waals surface area contributed by atoms with E-state index in [0.29, 0.717) is 12.3 Å². The van der Waals surface area contributed by atoms with Gasteiger partial charge < -0.3 is 15.3 Å². The zero-order chi connectivity index (χ0) is 18.7. The fourth-order valence-corrected chi connectivity index (χ4v) is 7.73. The second kappa shape index (κ2) is 6.39. The van der Waals surface area contributed by atoms with Gasteiger partial charge in [-0.15, -0.1) is 0 Å². The number of fused-ring (bicyclic) bond motifs is 5. The lowest BCUT2D eigenvalue weighted by atomic mass is 9.44. The topological polar surface area (TPSA) is 94.8 Å². The van der Waals surface area contributed by atoms with Crippen molar-refractivity contribution in [2.45, 2.75) is 64.4 Å². The molecule has 0 heterocycles. The Balaban J connectivity index is 1.69. The average molecular weight is 364 g/mol. The van der Waals surface area contributed by atoms with Crippen LogP contribution in [0.5, 0.6) is 0 Å². The summed E-state index contributed by atoms with van der Waals surface area (Å²) >= 11 is 0. The number of carbonyl (C=O) groups is 2. The van der Waals surface area contributed by atoms with Crippen molar-refractivity contribution in [3.05, 3.63) is 0 Å². The third kappa shape index (κ3) is 2.39. The minimum absolute atomic E-state index is 0.00130. The van der Waals surface area contributed by atoms with Crippen LogP contribution in [0.1, 0.15) is 58.3 Å². The second-order valence-electron chi connectivity index (χ2n) is 9.75. The number of ketones is 2. The van der Waals surface area contributed by atoms with E-state index in [-0.39, 0.29) is 59.8 Å². The van der Waals surface area contributed by atoms with Crippen LogP contribution in [-0.2, 0) is 9.59 Å². The number of carbonyl (C=O) groups excluding carboxylic acids is 2. The zero-order valence-corrected chi connectivity index (χ0v) is 15.7. The van der Waals surface area contributed by atoms with E-state index in [9.17, 15) is 24.9 Å². The van der Waals surface area contributed by atoms with Gasteiger partial charge in [0.25, 0.3) is 0 Å². The molecule has 0 saturated heterocycles. The maximum atomic E-state index is 13.4. The third-order valence-electron chi connectivity index (χ3n) is 8.90. The molecule has 0 aromatic carbocycles. The normalized spacial score (nSPS) is 50.7. The van der Waals surface area contributed by atoms with Crippen molar-refractivity contribution in [3.63, 3.8) is 0 Å². The van der Waals surface area contributed by atoms with Crippen LogP contribution in [0.15, 0.2) is 0 Å². The Morgan fingerprint density at radius 3 is 2.62 bits per heavy atom. The van der Waals surface area contributed by atoms with Gasteiger partial charge in [0.15, 0.2) is 5.78 Å². The van der Waals surface area contributed by atoms with Gasteiger partial charge in [-0.05, 0) is 68.1 Å². The summed E-state index contributed by atoms with van der Waals surface area (Å²) in [6, 6.07) is 0. The van der Waals surface area contributed by atoms with Crippen LogP contribution in [0.25, 0.3) is 0 Å². The smallest absolute Gasteiger partial charge is 0.161 e. The van der Waals surface area contributed by atoms with Gasteiger partial charge in [0, 0.05) is 23.7 Å². The van der Waals surface area contributed by atoms with Crippen molar-refractivity contribution in [2.24, 2.45) is 40.4 Å². The van der Waals surface area contributed by atoms with Crippen molar-refractivity contribution >= 4 is 11.6 Å². The van der Waals surface area contributed by atoms with Crippen LogP contribution in [0, 0.1) is 40.4 Å². The summed E-state index contributed by atoms with van der Waals surface area (Å²) in [5.74, 6) is 0.439. The third-order valence-corrected chi connectivity index (χ3v) is 8.90. The molecule has 4 unspecified atom stereocenters. The highest BCUT2D eigenvalue weighted by atomic mass is 16.3. The van der Waals surface area contributed by atoms with Crippen LogP contribution in [0.2, 0.25) is 0 Å². The van der Waals surface area contributed by atoms with E-state index in [1.54, 1.807) is 0 Å². The van der Waals surface area contributed by atoms with Gasteiger partial charge in [-0.3, -0.25) is 9.59 Å².